The maximum absolute atomic E-state index is 12.9. The number of hydrogen-bond acceptors (Lipinski definition) is 3. The highest BCUT2D eigenvalue weighted by molar-refractivity contribution is 7.91. The predicted molar refractivity (Wildman–Crippen MR) is 69.1 cm³/mol. The van der Waals surface area contributed by atoms with E-state index >= 15 is 0 Å². The fourth-order valence-corrected chi connectivity index (χ4v) is 4.19. The van der Waals surface area contributed by atoms with Crippen LogP contribution >= 0.6 is 0 Å². The minimum atomic E-state index is -4.66. The van der Waals surface area contributed by atoms with Crippen LogP contribution in [0.5, 0.6) is 0 Å². The largest absolute Gasteiger partial charge is 0.417 e. The molecule has 20 heavy (non-hydrogen) atoms. The Morgan fingerprint density at radius 1 is 1.20 bits per heavy atom. The maximum atomic E-state index is 12.9. The fourth-order valence-electron chi connectivity index (χ4n) is 2.39. The van der Waals surface area contributed by atoms with Gasteiger partial charge in [0.1, 0.15) is 0 Å². The molecule has 1 heterocycles. The second-order valence-electron chi connectivity index (χ2n) is 4.92. The van der Waals surface area contributed by atoms with Crippen LogP contribution in [0.4, 0.5) is 13.2 Å². The third-order valence-corrected chi connectivity index (χ3v) is 5.23. The lowest BCUT2D eigenvalue weighted by molar-refractivity contribution is -0.139. The lowest BCUT2D eigenvalue weighted by Crippen LogP contribution is -2.39. The van der Waals surface area contributed by atoms with Crippen LogP contribution in [-0.2, 0) is 16.0 Å². The van der Waals surface area contributed by atoms with Crippen molar-refractivity contribution in [1.29, 1.82) is 0 Å². The summed E-state index contributed by atoms with van der Waals surface area (Å²) in [6, 6.07) is 4.08. The molecule has 7 heteroatoms. The summed E-state index contributed by atoms with van der Waals surface area (Å²) in [4.78, 5) is -0.625. The maximum Gasteiger partial charge on any atom is 0.417 e. The summed E-state index contributed by atoms with van der Waals surface area (Å²) in [7, 11) is -3.96. The number of rotatable bonds is 3. The van der Waals surface area contributed by atoms with E-state index in [1.165, 1.54) is 12.1 Å². The zero-order chi connectivity index (χ0) is 14.8. The van der Waals surface area contributed by atoms with Gasteiger partial charge in [-0.3, -0.25) is 0 Å². The number of hydrogen-bond donors (Lipinski definition) is 1. The smallest absolute Gasteiger partial charge is 0.313 e. The average molecular weight is 307 g/mol. The highest BCUT2D eigenvalue weighted by Gasteiger charge is 2.37. The molecule has 0 aliphatic carbocycles. The molecule has 0 amide bonds. The normalized spacial score (nSPS) is 20.9. The van der Waals surface area contributed by atoms with Crippen LogP contribution in [0, 0.1) is 0 Å². The molecule has 0 radical (unpaired) electrons. The van der Waals surface area contributed by atoms with Crippen LogP contribution in [0.25, 0.3) is 0 Å². The van der Waals surface area contributed by atoms with E-state index in [1.54, 1.807) is 0 Å². The van der Waals surface area contributed by atoms with Gasteiger partial charge in [0, 0.05) is 6.04 Å². The second-order valence-corrected chi connectivity index (χ2v) is 6.92. The first kappa shape index (κ1) is 15.3. The van der Waals surface area contributed by atoms with E-state index in [0.717, 1.165) is 25.0 Å². The molecule has 1 N–H and O–H groups in total. The van der Waals surface area contributed by atoms with E-state index in [-0.39, 0.29) is 11.8 Å². The Morgan fingerprint density at radius 3 is 2.50 bits per heavy atom. The summed E-state index contributed by atoms with van der Waals surface area (Å²) in [5.74, 6) is -0.292. The van der Waals surface area contributed by atoms with Gasteiger partial charge in [-0.2, -0.15) is 13.2 Å². The third kappa shape index (κ3) is 3.52. The quantitative estimate of drug-likeness (QED) is 0.934. The van der Waals surface area contributed by atoms with Gasteiger partial charge in [0.05, 0.1) is 16.2 Å². The molecule has 1 aliphatic rings. The molecule has 1 atom stereocenters. The van der Waals surface area contributed by atoms with Gasteiger partial charge in [-0.1, -0.05) is 18.6 Å². The lowest BCUT2D eigenvalue weighted by atomic mass is 10.1. The number of piperidine rings is 1. The van der Waals surface area contributed by atoms with E-state index in [9.17, 15) is 21.6 Å². The zero-order valence-electron chi connectivity index (χ0n) is 10.8. The Bertz CT molecular complexity index is 563. The minimum Gasteiger partial charge on any atom is -0.313 e. The fraction of sp³-hybridized carbons (Fsp3) is 0.538. The molecular weight excluding hydrogens is 291 g/mol. The van der Waals surface area contributed by atoms with Crippen LogP contribution in [0.3, 0.4) is 0 Å². The van der Waals surface area contributed by atoms with Gasteiger partial charge < -0.3 is 5.32 Å². The molecule has 1 aromatic carbocycles. The SMILES string of the molecule is O=S(=O)(CC1CCCCN1)c1ccccc1C(F)(F)F. The first-order chi connectivity index (χ1) is 9.31. The standard InChI is InChI=1S/C13H16F3NO2S/c14-13(15,16)11-6-1-2-7-12(11)20(18,19)9-10-5-3-4-8-17-10/h1-2,6-7,10,17H,3-5,8-9H2. The van der Waals surface area contributed by atoms with Gasteiger partial charge >= 0.3 is 6.18 Å². The molecule has 2 rings (SSSR count). The third-order valence-electron chi connectivity index (χ3n) is 3.36. The predicted octanol–water partition coefficient (Wildman–Crippen LogP) is 2.62. The Balaban J connectivity index is 2.29. The van der Waals surface area contributed by atoms with Crippen molar-refractivity contribution in [3.8, 4) is 0 Å². The number of nitrogens with one attached hydrogen (secondary N) is 1. The van der Waals surface area contributed by atoms with E-state index in [0.29, 0.717) is 13.0 Å². The van der Waals surface area contributed by atoms with Crippen LogP contribution in [0.2, 0.25) is 0 Å². The van der Waals surface area contributed by atoms with Crippen LogP contribution in [0.15, 0.2) is 29.2 Å². The van der Waals surface area contributed by atoms with Crippen LogP contribution in [-0.4, -0.2) is 26.8 Å². The molecule has 1 fully saturated rings. The van der Waals surface area contributed by atoms with E-state index in [1.807, 2.05) is 0 Å². The highest BCUT2D eigenvalue weighted by Crippen LogP contribution is 2.34. The van der Waals surface area contributed by atoms with Crippen molar-refractivity contribution in [2.75, 3.05) is 12.3 Å². The number of sulfone groups is 1. The Labute approximate surface area is 116 Å². The van der Waals surface area contributed by atoms with Gasteiger partial charge in [0.2, 0.25) is 0 Å². The zero-order valence-corrected chi connectivity index (χ0v) is 11.6. The lowest BCUT2D eigenvalue weighted by Gasteiger charge is -2.23. The Morgan fingerprint density at radius 2 is 1.90 bits per heavy atom. The van der Waals surface area contributed by atoms with Crippen molar-refractivity contribution >= 4 is 9.84 Å². The summed E-state index contributed by atoms with van der Waals surface area (Å²) in [5.41, 5.74) is -1.09. The van der Waals surface area contributed by atoms with E-state index < -0.39 is 26.5 Å². The minimum absolute atomic E-state index is 0.268. The van der Waals surface area contributed by atoms with Gasteiger partial charge in [-0.15, -0.1) is 0 Å². The van der Waals surface area contributed by atoms with E-state index in [4.69, 9.17) is 0 Å². The van der Waals surface area contributed by atoms with Crippen molar-refractivity contribution < 1.29 is 21.6 Å². The van der Waals surface area contributed by atoms with Gasteiger partial charge in [-0.05, 0) is 31.5 Å². The molecule has 1 unspecified atom stereocenters. The monoisotopic (exact) mass is 307 g/mol. The molecule has 3 nitrogen and oxygen atoms in total. The molecule has 0 saturated carbocycles. The molecule has 0 bridgehead atoms. The highest BCUT2D eigenvalue weighted by atomic mass is 32.2. The number of alkyl halides is 3. The van der Waals surface area contributed by atoms with Crippen LogP contribution < -0.4 is 5.32 Å². The molecule has 1 saturated heterocycles. The number of benzene rings is 1. The summed E-state index contributed by atoms with van der Waals surface area (Å²) in [5, 5.41) is 3.04. The summed E-state index contributed by atoms with van der Waals surface area (Å²) >= 11 is 0. The Kier molecular flexibility index (Phi) is 4.39. The second kappa shape index (κ2) is 5.73. The Hall–Kier alpha value is -1.08. The van der Waals surface area contributed by atoms with Crippen molar-refractivity contribution in [2.24, 2.45) is 0 Å². The first-order valence-electron chi connectivity index (χ1n) is 6.43. The summed E-state index contributed by atoms with van der Waals surface area (Å²) in [6.07, 6.45) is -2.12. The van der Waals surface area contributed by atoms with Crippen LogP contribution in [0.1, 0.15) is 24.8 Å². The molecule has 0 aromatic heterocycles. The van der Waals surface area contributed by atoms with Crippen molar-refractivity contribution in [3.63, 3.8) is 0 Å². The van der Waals surface area contributed by atoms with E-state index in [2.05, 4.69) is 5.32 Å². The molecule has 1 aromatic rings. The number of halogens is 3. The van der Waals surface area contributed by atoms with Gasteiger partial charge in [0.15, 0.2) is 9.84 Å². The van der Waals surface area contributed by atoms with Gasteiger partial charge in [-0.25, -0.2) is 8.42 Å². The van der Waals surface area contributed by atoms with Gasteiger partial charge in [0.25, 0.3) is 0 Å². The molecule has 1 aliphatic heterocycles. The average Bonchev–Trinajstić information content (AvgIpc) is 2.38. The first-order valence-corrected chi connectivity index (χ1v) is 8.08. The van der Waals surface area contributed by atoms with Crippen molar-refractivity contribution in [3.05, 3.63) is 29.8 Å². The molecule has 0 spiro atoms. The molecule has 112 valence electrons. The summed E-state index contributed by atoms with van der Waals surface area (Å²) < 4.78 is 63.1. The van der Waals surface area contributed by atoms with Crippen molar-refractivity contribution in [1.82, 2.24) is 5.32 Å². The molecular formula is C13H16F3NO2S. The van der Waals surface area contributed by atoms with Crippen molar-refractivity contribution in [2.45, 2.75) is 36.4 Å². The topological polar surface area (TPSA) is 46.2 Å². The summed E-state index contributed by atoms with van der Waals surface area (Å²) in [6.45, 7) is 0.709.